The molecule has 190 valence electrons. The van der Waals surface area contributed by atoms with Gasteiger partial charge in [-0.1, -0.05) is 56.3 Å². The summed E-state index contributed by atoms with van der Waals surface area (Å²) in [5, 5.41) is 0. The van der Waals surface area contributed by atoms with Crippen LogP contribution in [0.4, 0.5) is 5.82 Å². The molecule has 1 saturated heterocycles. The van der Waals surface area contributed by atoms with E-state index in [-0.39, 0.29) is 5.91 Å². The summed E-state index contributed by atoms with van der Waals surface area (Å²) in [5.41, 5.74) is 4.06. The van der Waals surface area contributed by atoms with Gasteiger partial charge in [-0.3, -0.25) is 4.79 Å². The predicted molar refractivity (Wildman–Crippen MR) is 142 cm³/mol. The van der Waals surface area contributed by atoms with Crippen LogP contribution in [0, 0.1) is 5.92 Å². The molecule has 0 unspecified atom stereocenters. The predicted octanol–water partition coefficient (Wildman–Crippen LogP) is 4.58. The fraction of sp³-hybridized carbons (Fsp3) is 0.414. The lowest BCUT2D eigenvalue weighted by atomic mass is 10.0. The zero-order chi connectivity index (χ0) is 25.5. The number of amides is 1. The number of piperazine rings is 1. The minimum atomic E-state index is 0.232. The third-order valence-corrected chi connectivity index (χ3v) is 6.44. The Bertz CT molecular complexity index is 1140. The highest BCUT2D eigenvalue weighted by Gasteiger charge is 2.26. The molecule has 1 aromatic heterocycles. The van der Waals surface area contributed by atoms with Gasteiger partial charge in [0.15, 0.2) is 5.82 Å². The smallest absolute Gasteiger partial charge is 0.222 e. The summed E-state index contributed by atoms with van der Waals surface area (Å²) in [6, 6.07) is 18.2. The number of aromatic nitrogens is 2. The normalized spacial score (nSPS) is 13.8. The Hall–Kier alpha value is -3.45. The van der Waals surface area contributed by atoms with Gasteiger partial charge in [-0.25, -0.2) is 9.97 Å². The molecule has 3 aromatic rings. The first-order valence-electron chi connectivity index (χ1n) is 12.6. The van der Waals surface area contributed by atoms with E-state index in [9.17, 15) is 4.79 Å². The summed E-state index contributed by atoms with van der Waals surface area (Å²) in [6.07, 6.45) is 1.27. The lowest BCUT2D eigenvalue weighted by Gasteiger charge is -2.37. The third-order valence-electron chi connectivity index (χ3n) is 6.44. The molecule has 0 bridgehead atoms. The molecule has 0 N–H and O–H groups in total. The summed E-state index contributed by atoms with van der Waals surface area (Å²) in [7, 11) is 3.37. The molecular weight excluding hydrogens is 452 g/mol. The SMILES string of the molecule is COCc1nc(-c2ccccc2)nc(N2CCN(C(=O)CC(C)C)CC2)c1Cc1ccc(OC)cc1. The van der Waals surface area contributed by atoms with E-state index < -0.39 is 0 Å². The van der Waals surface area contributed by atoms with Crippen LogP contribution < -0.4 is 9.64 Å². The molecule has 1 fully saturated rings. The maximum atomic E-state index is 12.6. The Balaban J connectivity index is 1.70. The number of nitrogens with zero attached hydrogens (tertiary/aromatic N) is 4. The number of ether oxygens (including phenoxy) is 2. The van der Waals surface area contributed by atoms with Crippen molar-refractivity contribution in [2.45, 2.75) is 33.3 Å². The van der Waals surface area contributed by atoms with Gasteiger partial charge in [-0.15, -0.1) is 0 Å². The lowest BCUT2D eigenvalue weighted by molar-refractivity contribution is -0.132. The monoisotopic (exact) mass is 488 g/mol. The molecule has 1 aliphatic heterocycles. The van der Waals surface area contributed by atoms with Gasteiger partial charge in [0.2, 0.25) is 5.91 Å². The molecule has 36 heavy (non-hydrogen) atoms. The zero-order valence-electron chi connectivity index (χ0n) is 21.7. The van der Waals surface area contributed by atoms with E-state index in [1.807, 2.05) is 47.4 Å². The van der Waals surface area contributed by atoms with Crippen LogP contribution in [-0.4, -0.2) is 61.2 Å². The van der Waals surface area contributed by atoms with Crippen LogP contribution in [0.5, 0.6) is 5.75 Å². The van der Waals surface area contributed by atoms with Gasteiger partial charge in [0, 0.05) is 57.3 Å². The second-order valence-electron chi connectivity index (χ2n) is 9.59. The number of hydrogen-bond donors (Lipinski definition) is 0. The number of anilines is 1. The fourth-order valence-electron chi connectivity index (χ4n) is 4.53. The van der Waals surface area contributed by atoms with Gasteiger partial charge >= 0.3 is 0 Å². The number of methoxy groups -OCH3 is 2. The largest absolute Gasteiger partial charge is 0.497 e. The van der Waals surface area contributed by atoms with E-state index in [4.69, 9.17) is 19.4 Å². The Morgan fingerprint density at radius 1 is 0.944 bits per heavy atom. The zero-order valence-corrected chi connectivity index (χ0v) is 21.7. The lowest BCUT2D eigenvalue weighted by Crippen LogP contribution is -2.49. The van der Waals surface area contributed by atoms with E-state index in [2.05, 4.69) is 30.9 Å². The summed E-state index contributed by atoms with van der Waals surface area (Å²) >= 11 is 0. The second kappa shape index (κ2) is 12.0. The van der Waals surface area contributed by atoms with Gasteiger partial charge in [0.1, 0.15) is 11.6 Å². The molecule has 1 aliphatic rings. The van der Waals surface area contributed by atoms with Crippen molar-refractivity contribution in [2.24, 2.45) is 5.92 Å². The Morgan fingerprint density at radius 2 is 1.64 bits per heavy atom. The third kappa shape index (κ3) is 6.21. The van der Waals surface area contributed by atoms with Crippen molar-refractivity contribution in [3.8, 4) is 17.1 Å². The van der Waals surface area contributed by atoms with Crippen LogP contribution in [0.1, 0.15) is 37.1 Å². The van der Waals surface area contributed by atoms with Crippen LogP contribution in [0.25, 0.3) is 11.4 Å². The van der Waals surface area contributed by atoms with E-state index in [1.165, 1.54) is 0 Å². The van der Waals surface area contributed by atoms with Crippen molar-refractivity contribution in [1.29, 1.82) is 0 Å². The van der Waals surface area contributed by atoms with E-state index in [0.717, 1.165) is 47.0 Å². The topological polar surface area (TPSA) is 67.8 Å². The number of rotatable bonds is 9. The molecule has 2 aromatic carbocycles. The summed E-state index contributed by atoms with van der Waals surface area (Å²) in [4.78, 5) is 27.0. The van der Waals surface area contributed by atoms with E-state index >= 15 is 0 Å². The standard InChI is InChI=1S/C29H36N4O3/c1-21(2)18-27(34)32-14-16-33(17-15-32)29-25(19-22-10-12-24(36-4)13-11-22)26(20-35-3)30-28(31-29)23-8-6-5-7-9-23/h5-13,21H,14-20H2,1-4H3. The van der Waals surface area contributed by atoms with Crippen molar-refractivity contribution in [3.63, 3.8) is 0 Å². The first-order chi connectivity index (χ1) is 17.5. The molecule has 0 saturated carbocycles. The molecule has 0 aliphatic carbocycles. The quantitative estimate of drug-likeness (QED) is 0.439. The van der Waals surface area contributed by atoms with Gasteiger partial charge in [0.05, 0.1) is 19.4 Å². The molecule has 7 nitrogen and oxygen atoms in total. The van der Waals surface area contributed by atoms with Gasteiger partial charge in [0.25, 0.3) is 0 Å². The number of hydrogen-bond acceptors (Lipinski definition) is 6. The van der Waals surface area contributed by atoms with Crippen LogP contribution in [0.15, 0.2) is 54.6 Å². The first-order valence-corrected chi connectivity index (χ1v) is 12.6. The highest BCUT2D eigenvalue weighted by Crippen LogP contribution is 2.29. The van der Waals surface area contributed by atoms with Crippen molar-refractivity contribution in [1.82, 2.24) is 14.9 Å². The van der Waals surface area contributed by atoms with Crippen LogP contribution >= 0.6 is 0 Å². The maximum Gasteiger partial charge on any atom is 0.222 e. The summed E-state index contributed by atoms with van der Waals surface area (Å²) in [5.74, 6) is 3.03. The van der Waals surface area contributed by atoms with Crippen molar-refractivity contribution >= 4 is 11.7 Å². The fourth-order valence-corrected chi connectivity index (χ4v) is 4.53. The van der Waals surface area contributed by atoms with Crippen LogP contribution in [0.3, 0.4) is 0 Å². The molecule has 1 amide bonds. The maximum absolute atomic E-state index is 12.6. The molecule has 4 rings (SSSR count). The molecule has 0 spiro atoms. The Labute approximate surface area is 214 Å². The average molecular weight is 489 g/mol. The molecular formula is C29H36N4O3. The minimum Gasteiger partial charge on any atom is -0.497 e. The number of carbonyl (C=O) groups is 1. The highest BCUT2D eigenvalue weighted by atomic mass is 16.5. The first kappa shape index (κ1) is 25.6. The molecule has 2 heterocycles. The Morgan fingerprint density at radius 3 is 2.25 bits per heavy atom. The summed E-state index contributed by atoms with van der Waals surface area (Å²) < 4.78 is 10.9. The van der Waals surface area contributed by atoms with Crippen molar-refractivity contribution < 1.29 is 14.3 Å². The average Bonchev–Trinajstić information content (AvgIpc) is 2.90. The van der Waals surface area contributed by atoms with Crippen LogP contribution in [0.2, 0.25) is 0 Å². The van der Waals surface area contributed by atoms with E-state index in [0.29, 0.717) is 44.3 Å². The van der Waals surface area contributed by atoms with Gasteiger partial charge in [-0.05, 0) is 23.6 Å². The van der Waals surface area contributed by atoms with Crippen LogP contribution in [-0.2, 0) is 22.6 Å². The van der Waals surface area contributed by atoms with Crippen molar-refractivity contribution in [2.75, 3.05) is 45.3 Å². The van der Waals surface area contributed by atoms with Gasteiger partial charge in [-0.2, -0.15) is 0 Å². The van der Waals surface area contributed by atoms with Crippen molar-refractivity contribution in [3.05, 3.63) is 71.4 Å². The minimum absolute atomic E-state index is 0.232. The molecule has 0 radical (unpaired) electrons. The number of benzene rings is 2. The molecule has 7 heteroatoms. The second-order valence-corrected chi connectivity index (χ2v) is 9.59. The summed E-state index contributed by atoms with van der Waals surface area (Å²) in [6.45, 7) is 7.42. The number of carbonyl (C=O) groups excluding carboxylic acids is 1. The Kier molecular flexibility index (Phi) is 8.54. The van der Waals surface area contributed by atoms with Gasteiger partial charge < -0.3 is 19.3 Å². The van der Waals surface area contributed by atoms with E-state index in [1.54, 1.807) is 14.2 Å². The molecule has 0 atom stereocenters. The highest BCUT2D eigenvalue weighted by molar-refractivity contribution is 5.76.